The van der Waals surface area contributed by atoms with Crippen molar-refractivity contribution in [3.05, 3.63) is 0 Å². The van der Waals surface area contributed by atoms with Gasteiger partial charge < -0.3 is 20.7 Å². The van der Waals surface area contributed by atoms with E-state index >= 15 is 0 Å². The fourth-order valence-electron chi connectivity index (χ4n) is 1.90. The van der Waals surface area contributed by atoms with Gasteiger partial charge in [0.25, 0.3) is 0 Å². The second-order valence-corrected chi connectivity index (χ2v) is 4.95. The maximum absolute atomic E-state index is 11.6. The van der Waals surface area contributed by atoms with Gasteiger partial charge in [-0.05, 0) is 26.3 Å². The minimum atomic E-state index is -0.289. The zero-order valence-corrected chi connectivity index (χ0v) is 12.7. The molecule has 0 aromatic carbocycles. The molecule has 2 amide bonds. The van der Waals surface area contributed by atoms with E-state index in [1.165, 1.54) is 0 Å². The second kappa shape index (κ2) is 11.1. The molecule has 3 N–H and O–H groups in total. The molecule has 0 aromatic heterocycles. The zero-order valence-electron chi connectivity index (χ0n) is 12.7. The van der Waals surface area contributed by atoms with E-state index in [1.807, 2.05) is 7.05 Å². The van der Waals surface area contributed by atoms with Crippen LogP contribution in [0.4, 0.5) is 0 Å². The van der Waals surface area contributed by atoms with E-state index in [2.05, 4.69) is 27.8 Å². The number of carbonyl (C=O) groups excluding carboxylic acids is 2. The van der Waals surface area contributed by atoms with Crippen LogP contribution in [0, 0.1) is 11.8 Å². The molecule has 1 rings (SSSR count). The van der Waals surface area contributed by atoms with Crippen LogP contribution in [0.5, 0.6) is 0 Å². The highest BCUT2D eigenvalue weighted by molar-refractivity contribution is 5.85. The first-order valence-corrected chi connectivity index (χ1v) is 7.50. The Morgan fingerprint density at radius 2 is 2.00 bits per heavy atom. The third kappa shape index (κ3) is 9.05. The number of likely N-dealkylation sites (N-methyl/N-ethyl adjacent to an activating group) is 1. The van der Waals surface area contributed by atoms with Crippen molar-refractivity contribution >= 4 is 11.8 Å². The van der Waals surface area contributed by atoms with E-state index in [4.69, 9.17) is 4.74 Å². The highest BCUT2D eigenvalue weighted by atomic mass is 16.5. The Labute approximate surface area is 126 Å². The molecule has 21 heavy (non-hydrogen) atoms. The minimum absolute atomic E-state index is 0.0255. The van der Waals surface area contributed by atoms with Crippen LogP contribution in [0.25, 0.3) is 0 Å². The number of amides is 2. The first-order valence-electron chi connectivity index (χ1n) is 7.50. The number of hydrogen-bond acceptors (Lipinski definition) is 4. The molecule has 0 fully saturated rings. The van der Waals surface area contributed by atoms with E-state index in [9.17, 15) is 9.59 Å². The fourth-order valence-corrected chi connectivity index (χ4v) is 1.90. The van der Waals surface area contributed by atoms with Gasteiger partial charge in [-0.1, -0.05) is 12.3 Å². The van der Waals surface area contributed by atoms with Gasteiger partial charge >= 0.3 is 0 Å². The summed E-state index contributed by atoms with van der Waals surface area (Å²) in [5.74, 6) is 5.61. The Morgan fingerprint density at radius 1 is 1.14 bits per heavy atom. The zero-order chi connectivity index (χ0) is 15.3. The minimum Gasteiger partial charge on any atom is -0.356 e. The summed E-state index contributed by atoms with van der Waals surface area (Å²) in [6.07, 6.45) is 4.98. The van der Waals surface area contributed by atoms with Crippen molar-refractivity contribution in [2.45, 2.75) is 38.2 Å². The molecule has 0 aromatic rings. The quantitative estimate of drug-likeness (QED) is 0.428. The summed E-state index contributed by atoms with van der Waals surface area (Å²) in [6, 6.07) is 0. The molecule has 0 radical (unpaired) electrons. The summed E-state index contributed by atoms with van der Waals surface area (Å²) in [4.78, 5) is 23.0. The smallest absolute Gasteiger partial charge is 0.246 e. The van der Waals surface area contributed by atoms with Crippen molar-refractivity contribution < 1.29 is 14.3 Å². The van der Waals surface area contributed by atoms with Crippen LogP contribution in [0.2, 0.25) is 0 Å². The molecule has 1 atom stereocenters. The van der Waals surface area contributed by atoms with Crippen LogP contribution in [-0.2, 0) is 14.3 Å². The Bertz CT molecular complexity index is 387. The Kier molecular flexibility index (Phi) is 9.25. The van der Waals surface area contributed by atoms with Crippen LogP contribution in [-0.4, -0.2) is 51.2 Å². The number of ether oxygens (including phenoxy) is 1. The maximum Gasteiger partial charge on any atom is 0.246 e. The Balaban J connectivity index is 2.13. The first kappa shape index (κ1) is 17.5. The van der Waals surface area contributed by atoms with Crippen LogP contribution in [0.15, 0.2) is 0 Å². The average Bonchev–Trinajstić information content (AvgIpc) is 2.44. The van der Waals surface area contributed by atoms with Gasteiger partial charge in [0, 0.05) is 19.5 Å². The lowest BCUT2D eigenvalue weighted by Crippen LogP contribution is -2.40. The molecule has 0 aliphatic heterocycles. The highest BCUT2D eigenvalue weighted by Crippen LogP contribution is 2.10. The normalized spacial score (nSPS) is 17.9. The Morgan fingerprint density at radius 3 is 2.81 bits per heavy atom. The summed E-state index contributed by atoms with van der Waals surface area (Å²) in [6.45, 7) is 1.16. The van der Waals surface area contributed by atoms with Crippen molar-refractivity contribution in [1.82, 2.24) is 16.0 Å². The van der Waals surface area contributed by atoms with Crippen molar-refractivity contribution in [3.63, 3.8) is 0 Å². The number of carbonyl (C=O) groups is 2. The summed E-state index contributed by atoms with van der Waals surface area (Å²) in [7, 11) is 1.81. The van der Waals surface area contributed by atoms with Crippen LogP contribution in [0.1, 0.15) is 32.1 Å². The van der Waals surface area contributed by atoms with Gasteiger partial charge in [0.05, 0.1) is 6.54 Å². The largest absolute Gasteiger partial charge is 0.356 e. The molecule has 0 saturated carbocycles. The number of nitrogens with one attached hydrogen (secondary N) is 3. The lowest BCUT2D eigenvalue weighted by atomic mass is 10.1. The van der Waals surface area contributed by atoms with Gasteiger partial charge in [0.1, 0.15) is 12.7 Å². The molecule has 6 heteroatoms. The predicted molar refractivity (Wildman–Crippen MR) is 80.5 cm³/mol. The molecule has 0 saturated heterocycles. The third-order valence-corrected chi connectivity index (χ3v) is 3.09. The molecule has 1 aliphatic rings. The predicted octanol–water partition coefficient (Wildman–Crippen LogP) is -0.209. The summed E-state index contributed by atoms with van der Waals surface area (Å²) in [5, 5.41) is 8.13. The molecule has 0 bridgehead atoms. The monoisotopic (exact) mass is 295 g/mol. The summed E-state index contributed by atoms with van der Waals surface area (Å²) in [5.41, 5.74) is 0. The molecule has 1 unspecified atom stereocenters. The SMILES string of the molecule is CNCCNC(=O)CNC(=O)COC1C#CCCCCC1. The topological polar surface area (TPSA) is 79.5 Å². The van der Waals surface area contributed by atoms with Gasteiger partial charge in [-0.2, -0.15) is 0 Å². The summed E-state index contributed by atoms with van der Waals surface area (Å²) >= 11 is 0. The molecule has 1 aliphatic carbocycles. The lowest BCUT2D eigenvalue weighted by Gasteiger charge is -2.13. The third-order valence-electron chi connectivity index (χ3n) is 3.09. The van der Waals surface area contributed by atoms with E-state index in [1.54, 1.807) is 0 Å². The molecule has 6 nitrogen and oxygen atoms in total. The van der Waals surface area contributed by atoms with Gasteiger partial charge in [-0.15, -0.1) is 5.92 Å². The van der Waals surface area contributed by atoms with E-state index < -0.39 is 0 Å². The van der Waals surface area contributed by atoms with Crippen molar-refractivity contribution in [1.29, 1.82) is 0 Å². The van der Waals surface area contributed by atoms with Crippen molar-refractivity contribution in [3.8, 4) is 11.8 Å². The van der Waals surface area contributed by atoms with E-state index in [0.29, 0.717) is 13.1 Å². The van der Waals surface area contributed by atoms with Crippen molar-refractivity contribution in [2.24, 2.45) is 0 Å². The summed E-state index contributed by atoms with van der Waals surface area (Å²) < 4.78 is 5.48. The number of hydrogen-bond donors (Lipinski definition) is 3. The van der Waals surface area contributed by atoms with Crippen LogP contribution < -0.4 is 16.0 Å². The van der Waals surface area contributed by atoms with Gasteiger partial charge in [0.2, 0.25) is 11.8 Å². The lowest BCUT2D eigenvalue weighted by molar-refractivity contribution is -0.129. The van der Waals surface area contributed by atoms with E-state index in [-0.39, 0.29) is 31.1 Å². The van der Waals surface area contributed by atoms with Crippen molar-refractivity contribution in [2.75, 3.05) is 33.3 Å². The molecular formula is C15H25N3O3. The second-order valence-electron chi connectivity index (χ2n) is 4.95. The van der Waals surface area contributed by atoms with Crippen LogP contribution in [0.3, 0.4) is 0 Å². The van der Waals surface area contributed by atoms with Gasteiger partial charge in [-0.25, -0.2) is 0 Å². The van der Waals surface area contributed by atoms with Gasteiger partial charge in [0.15, 0.2) is 0 Å². The highest BCUT2D eigenvalue weighted by Gasteiger charge is 2.11. The maximum atomic E-state index is 11.6. The Hall–Kier alpha value is -1.58. The van der Waals surface area contributed by atoms with E-state index in [0.717, 1.165) is 32.1 Å². The standard InChI is InChI=1S/C15H25N3O3/c1-16-9-10-17-14(19)11-18-15(20)12-21-13-7-5-3-2-4-6-8-13/h13,16H,2-5,7,9-12H2,1H3,(H,17,19)(H,18,20). The fraction of sp³-hybridized carbons (Fsp3) is 0.733. The molecule has 0 spiro atoms. The molecule has 0 heterocycles. The van der Waals surface area contributed by atoms with Crippen LogP contribution >= 0.6 is 0 Å². The molecule has 118 valence electrons. The average molecular weight is 295 g/mol. The molecular weight excluding hydrogens is 270 g/mol. The number of rotatable bonds is 8. The first-order chi connectivity index (χ1) is 10.2. The van der Waals surface area contributed by atoms with Gasteiger partial charge in [-0.3, -0.25) is 9.59 Å².